The summed E-state index contributed by atoms with van der Waals surface area (Å²) in [5, 5.41) is 5.15. The van der Waals surface area contributed by atoms with Crippen molar-refractivity contribution in [2.24, 2.45) is 10.5 Å². The Morgan fingerprint density at radius 1 is 1.08 bits per heavy atom. The molecule has 3 aromatic carbocycles. The number of benzene rings is 3. The predicted octanol–water partition coefficient (Wildman–Crippen LogP) is 7.57. The van der Waals surface area contributed by atoms with E-state index in [1.165, 1.54) is 4.68 Å². The molecule has 0 radical (unpaired) electrons. The maximum absolute atomic E-state index is 13.7. The van der Waals surface area contributed by atoms with Gasteiger partial charge < -0.3 is 9.47 Å². The summed E-state index contributed by atoms with van der Waals surface area (Å²) >= 11 is 3.60. The SMILES string of the molecule is COc1cc(C)c(-c2nc3ccccc3c(=O)n2N=Cc2ccc(OCC(C)(C)C)c(Br)c2)cc1C(C)C. The molecule has 198 valence electrons. The minimum absolute atomic E-state index is 0.0508. The van der Waals surface area contributed by atoms with Crippen molar-refractivity contribution in [2.75, 3.05) is 13.7 Å². The number of fused-ring (bicyclic) bond motifs is 1. The Kier molecular flexibility index (Phi) is 8.07. The Balaban J connectivity index is 1.83. The van der Waals surface area contributed by atoms with Crippen LogP contribution in [0.2, 0.25) is 0 Å². The lowest BCUT2D eigenvalue weighted by atomic mass is 9.96. The lowest BCUT2D eigenvalue weighted by Gasteiger charge is -2.19. The van der Waals surface area contributed by atoms with Crippen molar-refractivity contribution in [3.8, 4) is 22.9 Å². The van der Waals surface area contributed by atoms with E-state index in [1.54, 1.807) is 19.4 Å². The van der Waals surface area contributed by atoms with Crippen molar-refractivity contribution in [1.29, 1.82) is 0 Å². The number of hydrogen-bond donors (Lipinski definition) is 0. The molecule has 0 N–H and O–H groups in total. The van der Waals surface area contributed by atoms with Gasteiger partial charge in [-0.15, -0.1) is 0 Å². The van der Waals surface area contributed by atoms with Gasteiger partial charge in [-0.2, -0.15) is 9.78 Å². The predicted molar refractivity (Wildman–Crippen MR) is 159 cm³/mol. The largest absolute Gasteiger partial charge is 0.496 e. The first kappa shape index (κ1) is 27.6. The third-order valence-electron chi connectivity index (χ3n) is 6.13. The standard InChI is InChI=1S/C31H34BrN3O3/c1-19(2)23-16-24(20(3)14-28(23)37-7)29-34-26-11-9-8-10-22(26)30(36)35(29)33-17-21-12-13-27(25(32)15-21)38-18-31(4,5)6/h8-17,19H,18H2,1-7H3. The number of para-hydroxylation sites is 1. The Morgan fingerprint density at radius 3 is 2.47 bits per heavy atom. The number of rotatable bonds is 7. The highest BCUT2D eigenvalue weighted by Crippen LogP contribution is 2.34. The second-order valence-corrected chi connectivity index (χ2v) is 11.8. The van der Waals surface area contributed by atoms with Crippen LogP contribution >= 0.6 is 15.9 Å². The summed E-state index contributed by atoms with van der Waals surface area (Å²) in [6.07, 6.45) is 1.67. The van der Waals surface area contributed by atoms with Crippen molar-refractivity contribution in [2.45, 2.75) is 47.5 Å². The fraction of sp³-hybridized carbons (Fsp3) is 0.323. The molecule has 4 rings (SSSR count). The monoisotopic (exact) mass is 575 g/mol. The van der Waals surface area contributed by atoms with Gasteiger partial charge in [0.15, 0.2) is 5.82 Å². The van der Waals surface area contributed by atoms with Crippen LogP contribution in [0.4, 0.5) is 0 Å². The fourth-order valence-corrected chi connectivity index (χ4v) is 4.62. The van der Waals surface area contributed by atoms with E-state index in [2.05, 4.69) is 61.7 Å². The first-order valence-corrected chi connectivity index (χ1v) is 13.4. The minimum Gasteiger partial charge on any atom is -0.496 e. The highest BCUT2D eigenvalue weighted by Gasteiger charge is 2.18. The lowest BCUT2D eigenvalue weighted by Crippen LogP contribution is -2.21. The smallest absolute Gasteiger partial charge is 0.282 e. The zero-order valence-electron chi connectivity index (χ0n) is 23.0. The Hall–Kier alpha value is -3.45. The van der Waals surface area contributed by atoms with E-state index in [0.29, 0.717) is 23.3 Å². The van der Waals surface area contributed by atoms with E-state index in [0.717, 1.165) is 38.2 Å². The molecule has 4 aromatic rings. The zero-order valence-corrected chi connectivity index (χ0v) is 24.6. The van der Waals surface area contributed by atoms with Gasteiger partial charge in [-0.1, -0.05) is 46.8 Å². The van der Waals surface area contributed by atoms with Crippen LogP contribution in [-0.4, -0.2) is 29.6 Å². The summed E-state index contributed by atoms with van der Waals surface area (Å²) in [7, 11) is 1.67. The van der Waals surface area contributed by atoms with Crippen LogP contribution in [0.25, 0.3) is 22.3 Å². The summed E-state index contributed by atoms with van der Waals surface area (Å²) in [4.78, 5) is 18.5. The maximum Gasteiger partial charge on any atom is 0.282 e. The quantitative estimate of drug-likeness (QED) is 0.213. The van der Waals surface area contributed by atoms with Crippen LogP contribution in [0.3, 0.4) is 0 Å². The molecule has 0 spiro atoms. The van der Waals surface area contributed by atoms with Crippen LogP contribution in [0, 0.1) is 12.3 Å². The van der Waals surface area contributed by atoms with Gasteiger partial charge in [0.1, 0.15) is 11.5 Å². The first-order valence-electron chi connectivity index (χ1n) is 12.7. The molecule has 0 saturated carbocycles. The summed E-state index contributed by atoms with van der Waals surface area (Å²) in [5.74, 6) is 2.29. The molecule has 0 saturated heterocycles. The van der Waals surface area contributed by atoms with E-state index in [9.17, 15) is 4.79 Å². The summed E-state index contributed by atoms with van der Waals surface area (Å²) in [6.45, 7) is 13.2. The highest BCUT2D eigenvalue weighted by molar-refractivity contribution is 9.10. The third-order valence-corrected chi connectivity index (χ3v) is 6.75. The molecule has 0 amide bonds. The number of methoxy groups -OCH3 is 1. The van der Waals surface area contributed by atoms with Crippen molar-refractivity contribution in [3.63, 3.8) is 0 Å². The fourth-order valence-electron chi connectivity index (χ4n) is 4.11. The molecule has 0 aliphatic carbocycles. The maximum atomic E-state index is 13.7. The molecule has 6 nitrogen and oxygen atoms in total. The number of aromatic nitrogens is 2. The van der Waals surface area contributed by atoms with Gasteiger partial charge in [-0.05, 0) is 93.3 Å². The van der Waals surface area contributed by atoms with E-state index >= 15 is 0 Å². The molecule has 0 fully saturated rings. The normalized spacial score (nSPS) is 12.0. The Bertz CT molecular complexity index is 1570. The Labute approximate surface area is 232 Å². The summed E-state index contributed by atoms with van der Waals surface area (Å²) < 4.78 is 13.8. The number of aryl methyl sites for hydroxylation is 1. The number of nitrogens with zero attached hydrogens (tertiary/aromatic N) is 3. The molecule has 0 bridgehead atoms. The number of halogens is 1. The van der Waals surface area contributed by atoms with Gasteiger partial charge >= 0.3 is 0 Å². The lowest BCUT2D eigenvalue weighted by molar-refractivity contribution is 0.197. The molecule has 1 aromatic heterocycles. The second-order valence-electron chi connectivity index (χ2n) is 10.9. The molecule has 0 aliphatic rings. The highest BCUT2D eigenvalue weighted by atomic mass is 79.9. The van der Waals surface area contributed by atoms with E-state index in [-0.39, 0.29) is 16.9 Å². The van der Waals surface area contributed by atoms with E-state index < -0.39 is 0 Å². The second kappa shape index (κ2) is 11.1. The number of hydrogen-bond acceptors (Lipinski definition) is 5. The van der Waals surface area contributed by atoms with Crippen LogP contribution in [0.5, 0.6) is 11.5 Å². The van der Waals surface area contributed by atoms with Crippen molar-refractivity contribution < 1.29 is 9.47 Å². The average Bonchev–Trinajstić information content (AvgIpc) is 2.86. The van der Waals surface area contributed by atoms with Gasteiger partial charge in [0.25, 0.3) is 5.56 Å². The van der Waals surface area contributed by atoms with Crippen molar-refractivity contribution >= 4 is 33.0 Å². The molecule has 0 aliphatic heterocycles. The first-order chi connectivity index (χ1) is 18.0. The van der Waals surface area contributed by atoms with Gasteiger partial charge in [0.05, 0.1) is 35.3 Å². The van der Waals surface area contributed by atoms with Gasteiger partial charge in [0.2, 0.25) is 0 Å². The Morgan fingerprint density at radius 2 is 1.82 bits per heavy atom. The minimum atomic E-state index is -0.229. The van der Waals surface area contributed by atoms with E-state index in [1.807, 2.05) is 49.4 Å². The van der Waals surface area contributed by atoms with Crippen LogP contribution in [0.15, 0.2) is 69.0 Å². The zero-order chi connectivity index (χ0) is 27.6. The van der Waals surface area contributed by atoms with Gasteiger partial charge in [-0.3, -0.25) is 4.79 Å². The van der Waals surface area contributed by atoms with Crippen LogP contribution < -0.4 is 15.0 Å². The van der Waals surface area contributed by atoms with Gasteiger partial charge in [0, 0.05) is 5.56 Å². The van der Waals surface area contributed by atoms with Crippen molar-refractivity contribution in [1.82, 2.24) is 9.66 Å². The molecule has 0 atom stereocenters. The van der Waals surface area contributed by atoms with Crippen LogP contribution in [0.1, 0.15) is 57.2 Å². The third kappa shape index (κ3) is 5.99. The molecular weight excluding hydrogens is 542 g/mol. The molecule has 0 unspecified atom stereocenters. The summed E-state index contributed by atoms with van der Waals surface area (Å²) in [5.41, 5.74) is 4.09. The molecule has 7 heteroatoms. The number of ether oxygens (including phenoxy) is 2. The topological polar surface area (TPSA) is 65.7 Å². The van der Waals surface area contributed by atoms with Crippen LogP contribution in [-0.2, 0) is 0 Å². The average molecular weight is 577 g/mol. The summed E-state index contributed by atoms with van der Waals surface area (Å²) in [6, 6.07) is 17.1. The molecule has 1 heterocycles. The van der Waals surface area contributed by atoms with Gasteiger partial charge in [-0.25, -0.2) is 4.98 Å². The molecule has 38 heavy (non-hydrogen) atoms. The van der Waals surface area contributed by atoms with Crippen molar-refractivity contribution in [3.05, 3.63) is 86.1 Å². The molecular formula is C31H34BrN3O3. The van der Waals surface area contributed by atoms with E-state index in [4.69, 9.17) is 14.5 Å².